The van der Waals surface area contributed by atoms with Crippen molar-refractivity contribution in [3.8, 4) is 0 Å². The molecule has 0 aromatic heterocycles. The van der Waals surface area contributed by atoms with Gasteiger partial charge in [0.05, 0.1) is 13.2 Å². The summed E-state index contributed by atoms with van der Waals surface area (Å²) in [7, 11) is -2.55. The molecule has 0 aromatic rings. The summed E-state index contributed by atoms with van der Waals surface area (Å²) in [6, 6.07) is 0.563. The largest absolute Gasteiger partial charge is 0.439 e. The SMILES string of the molecule is O=C[P+]1(Cl)OCCCO1. The highest BCUT2D eigenvalue weighted by molar-refractivity contribution is 8.02. The van der Waals surface area contributed by atoms with Crippen molar-refractivity contribution < 1.29 is 13.8 Å². The smallest absolute Gasteiger partial charge is 0.249 e. The molecule has 1 fully saturated rings. The van der Waals surface area contributed by atoms with Crippen LogP contribution in [-0.2, 0) is 13.8 Å². The zero-order chi connectivity index (χ0) is 6.74. The van der Waals surface area contributed by atoms with Gasteiger partial charge in [0.15, 0.2) is 11.2 Å². The Bertz CT molecular complexity index is 112. The van der Waals surface area contributed by atoms with Crippen molar-refractivity contribution >= 4 is 24.3 Å². The van der Waals surface area contributed by atoms with Gasteiger partial charge in [-0.05, 0) is 0 Å². The van der Waals surface area contributed by atoms with Crippen molar-refractivity contribution in [3.05, 3.63) is 0 Å². The summed E-state index contributed by atoms with van der Waals surface area (Å²) in [5, 5.41) is 0. The molecule has 1 saturated heterocycles. The molecule has 0 spiro atoms. The molecule has 1 aliphatic heterocycles. The third-order valence-electron chi connectivity index (χ3n) is 0.949. The first-order valence-electron chi connectivity index (χ1n) is 2.61. The first-order chi connectivity index (χ1) is 4.27. The third kappa shape index (κ3) is 1.87. The molecule has 0 radical (unpaired) electrons. The average Bonchev–Trinajstić information content (AvgIpc) is 1.90. The van der Waals surface area contributed by atoms with Crippen LogP contribution in [0.5, 0.6) is 0 Å². The van der Waals surface area contributed by atoms with Gasteiger partial charge in [-0.25, -0.2) is 4.79 Å². The molecule has 0 aliphatic carbocycles. The maximum atomic E-state index is 10.1. The van der Waals surface area contributed by atoms with Crippen molar-refractivity contribution in [1.82, 2.24) is 0 Å². The van der Waals surface area contributed by atoms with Crippen molar-refractivity contribution in [2.75, 3.05) is 13.2 Å². The molecule has 0 N–H and O–H groups in total. The van der Waals surface area contributed by atoms with Crippen LogP contribution >= 0.6 is 18.3 Å². The highest BCUT2D eigenvalue weighted by Gasteiger charge is 2.43. The van der Waals surface area contributed by atoms with Crippen LogP contribution in [0.15, 0.2) is 0 Å². The van der Waals surface area contributed by atoms with Crippen LogP contribution in [-0.4, -0.2) is 19.2 Å². The monoisotopic (exact) mass is 169 g/mol. The van der Waals surface area contributed by atoms with Crippen LogP contribution in [0.2, 0.25) is 0 Å². The molecule has 1 heterocycles. The zero-order valence-corrected chi connectivity index (χ0v) is 6.40. The van der Waals surface area contributed by atoms with Gasteiger partial charge in [0.1, 0.15) is 0 Å². The molecule has 5 heteroatoms. The Balaban J connectivity index is 2.46. The maximum Gasteiger partial charge on any atom is 0.439 e. The quantitative estimate of drug-likeness (QED) is 0.442. The van der Waals surface area contributed by atoms with Gasteiger partial charge in [-0.1, -0.05) is 0 Å². The van der Waals surface area contributed by atoms with E-state index in [0.717, 1.165) is 6.42 Å². The van der Waals surface area contributed by atoms with Gasteiger partial charge in [-0.3, -0.25) is 0 Å². The Morgan fingerprint density at radius 1 is 1.44 bits per heavy atom. The van der Waals surface area contributed by atoms with Crippen LogP contribution in [0, 0.1) is 0 Å². The molecule has 9 heavy (non-hydrogen) atoms. The normalized spacial score (nSPS) is 25.4. The lowest BCUT2D eigenvalue weighted by atomic mass is 10.5. The Morgan fingerprint density at radius 3 is 2.33 bits per heavy atom. The van der Waals surface area contributed by atoms with E-state index >= 15 is 0 Å². The Labute approximate surface area is 58.6 Å². The van der Waals surface area contributed by atoms with E-state index in [0.29, 0.717) is 19.2 Å². The second-order valence-corrected chi connectivity index (χ2v) is 4.83. The number of hydrogen-bond donors (Lipinski definition) is 0. The first kappa shape index (κ1) is 7.42. The van der Waals surface area contributed by atoms with Crippen LogP contribution < -0.4 is 0 Å². The van der Waals surface area contributed by atoms with Gasteiger partial charge < -0.3 is 0 Å². The number of rotatable bonds is 1. The minimum Gasteiger partial charge on any atom is -0.249 e. The molecule has 0 amide bonds. The van der Waals surface area contributed by atoms with Gasteiger partial charge in [0.2, 0.25) is 0 Å². The number of halogens is 1. The number of carbonyl (C=O) groups excluding carboxylic acids is 1. The molecular formula is C4H7ClO3P+. The van der Waals surface area contributed by atoms with Crippen molar-refractivity contribution in [2.24, 2.45) is 0 Å². The lowest BCUT2D eigenvalue weighted by molar-refractivity contribution is 0.183. The molecule has 0 saturated carbocycles. The van der Waals surface area contributed by atoms with Gasteiger partial charge in [0, 0.05) is 6.42 Å². The van der Waals surface area contributed by atoms with E-state index in [2.05, 4.69) is 0 Å². The van der Waals surface area contributed by atoms with Crippen LogP contribution in [0.3, 0.4) is 0 Å². The van der Waals surface area contributed by atoms with Crippen LogP contribution in [0.1, 0.15) is 6.42 Å². The fourth-order valence-electron chi connectivity index (χ4n) is 0.535. The van der Waals surface area contributed by atoms with Gasteiger partial charge in [0.25, 0.3) is 0 Å². The van der Waals surface area contributed by atoms with Crippen LogP contribution in [0.25, 0.3) is 0 Å². The summed E-state index contributed by atoms with van der Waals surface area (Å²) in [6.45, 7) is 1.08. The van der Waals surface area contributed by atoms with E-state index in [4.69, 9.17) is 20.3 Å². The molecule has 52 valence electrons. The summed E-state index contributed by atoms with van der Waals surface area (Å²) in [6.07, 6.45) is 0.822. The van der Waals surface area contributed by atoms with E-state index < -0.39 is 7.07 Å². The molecule has 0 bridgehead atoms. The second kappa shape index (κ2) is 2.93. The van der Waals surface area contributed by atoms with E-state index in [1.165, 1.54) is 0 Å². The highest BCUT2D eigenvalue weighted by atomic mass is 35.7. The van der Waals surface area contributed by atoms with E-state index in [1.54, 1.807) is 0 Å². The maximum absolute atomic E-state index is 10.1. The molecular weight excluding hydrogens is 162 g/mol. The molecule has 0 unspecified atom stereocenters. The van der Waals surface area contributed by atoms with Crippen molar-refractivity contribution in [2.45, 2.75) is 6.42 Å². The highest BCUT2D eigenvalue weighted by Crippen LogP contribution is 2.64. The fourth-order valence-corrected chi connectivity index (χ4v) is 1.90. The van der Waals surface area contributed by atoms with Gasteiger partial charge >= 0.3 is 13.1 Å². The number of carbonyl (C=O) groups is 1. The predicted molar refractivity (Wildman–Crippen MR) is 36.0 cm³/mol. The average molecular weight is 170 g/mol. The fraction of sp³-hybridized carbons (Fsp3) is 0.750. The van der Waals surface area contributed by atoms with E-state index in [9.17, 15) is 4.79 Å². The Kier molecular flexibility index (Phi) is 2.42. The third-order valence-corrected chi connectivity index (χ3v) is 3.09. The first-order valence-corrected chi connectivity index (χ1v) is 5.20. The molecule has 0 aromatic carbocycles. The lowest BCUT2D eigenvalue weighted by Crippen LogP contribution is -2.09. The topological polar surface area (TPSA) is 35.5 Å². The van der Waals surface area contributed by atoms with Crippen LogP contribution in [0.4, 0.5) is 0 Å². The van der Waals surface area contributed by atoms with Gasteiger partial charge in [-0.15, -0.1) is 0 Å². The lowest BCUT2D eigenvalue weighted by Gasteiger charge is -2.13. The second-order valence-electron chi connectivity index (χ2n) is 1.65. The van der Waals surface area contributed by atoms with E-state index in [1.807, 2.05) is 0 Å². The number of hydrogen-bond acceptors (Lipinski definition) is 3. The van der Waals surface area contributed by atoms with Crippen molar-refractivity contribution in [3.63, 3.8) is 0 Å². The predicted octanol–water partition coefficient (Wildman–Crippen LogP) is 1.61. The molecule has 3 nitrogen and oxygen atoms in total. The molecule has 0 atom stereocenters. The zero-order valence-electron chi connectivity index (χ0n) is 4.75. The summed E-state index contributed by atoms with van der Waals surface area (Å²) in [5.41, 5.74) is 0. The standard InChI is InChI=1S/C4H7ClO3P/c5-9(4-6)7-2-1-3-8-9/h4H,1-3H2/q+1. The van der Waals surface area contributed by atoms with E-state index in [-0.39, 0.29) is 0 Å². The van der Waals surface area contributed by atoms with Crippen molar-refractivity contribution in [1.29, 1.82) is 0 Å². The summed E-state index contributed by atoms with van der Waals surface area (Å²) in [4.78, 5) is 10.1. The minimum absolute atomic E-state index is 0.538. The summed E-state index contributed by atoms with van der Waals surface area (Å²) >= 11 is 5.56. The molecule has 1 aliphatic rings. The minimum atomic E-state index is -2.55. The summed E-state index contributed by atoms with van der Waals surface area (Å²) < 4.78 is 9.80. The summed E-state index contributed by atoms with van der Waals surface area (Å²) in [5.74, 6) is 0. The van der Waals surface area contributed by atoms with Gasteiger partial charge in [-0.2, -0.15) is 9.05 Å². The molecule has 1 rings (SSSR count). The Morgan fingerprint density at radius 2 is 2.00 bits per heavy atom. The Hall–Kier alpha value is 0.310.